The first-order valence-corrected chi connectivity index (χ1v) is 7.48. The van der Waals surface area contributed by atoms with Gasteiger partial charge in [-0.3, -0.25) is 4.79 Å². The van der Waals surface area contributed by atoms with Crippen LogP contribution in [0.25, 0.3) is 0 Å². The smallest absolute Gasteiger partial charge is 0.254 e. The van der Waals surface area contributed by atoms with E-state index in [4.69, 9.17) is 5.11 Å². The summed E-state index contributed by atoms with van der Waals surface area (Å²) in [6.07, 6.45) is 2.12. The molecule has 0 saturated heterocycles. The van der Waals surface area contributed by atoms with E-state index in [-0.39, 0.29) is 12.5 Å². The Morgan fingerprint density at radius 2 is 1.80 bits per heavy atom. The fraction of sp³-hybridized carbons (Fsp3) is 0.562. The van der Waals surface area contributed by atoms with Crippen molar-refractivity contribution < 1.29 is 9.90 Å². The zero-order valence-corrected chi connectivity index (χ0v) is 12.4. The Labute approximate surface area is 121 Å². The van der Waals surface area contributed by atoms with Crippen LogP contribution in [0.4, 0.5) is 5.69 Å². The molecule has 0 heterocycles. The molecular weight excluding hydrogens is 252 g/mol. The van der Waals surface area contributed by atoms with E-state index in [0.29, 0.717) is 18.2 Å². The number of aliphatic hydroxyl groups excluding tert-OH is 1. The lowest BCUT2D eigenvalue weighted by molar-refractivity contribution is 0.0707. The summed E-state index contributed by atoms with van der Waals surface area (Å²) in [7, 11) is 0. The number of anilines is 1. The summed E-state index contributed by atoms with van der Waals surface area (Å²) >= 11 is 0. The molecule has 4 heteroatoms. The maximum absolute atomic E-state index is 12.4. The molecule has 1 aliphatic carbocycles. The molecule has 0 unspecified atom stereocenters. The molecule has 4 nitrogen and oxygen atoms in total. The molecule has 110 valence electrons. The van der Waals surface area contributed by atoms with Gasteiger partial charge in [-0.25, -0.2) is 0 Å². The summed E-state index contributed by atoms with van der Waals surface area (Å²) in [5, 5.41) is 9.09. The summed E-state index contributed by atoms with van der Waals surface area (Å²) in [4.78, 5) is 16.5. The highest BCUT2D eigenvalue weighted by molar-refractivity contribution is 5.95. The van der Waals surface area contributed by atoms with E-state index < -0.39 is 0 Å². The largest absolute Gasteiger partial charge is 0.395 e. The van der Waals surface area contributed by atoms with Crippen LogP contribution >= 0.6 is 0 Å². The fourth-order valence-corrected chi connectivity index (χ4v) is 2.51. The molecule has 0 aliphatic heterocycles. The van der Waals surface area contributed by atoms with Gasteiger partial charge in [-0.15, -0.1) is 0 Å². The SMILES string of the molecule is CCN(CC)c1ccc(C(=O)N(CCO)C2CC2)cc1. The van der Waals surface area contributed by atoms with Crippen LogP contribution in [0.3, 0.4) is 0 Å². The second-order valence-corrected chi connectivity index (χ2v) is 5.17. The van der Waals surface area contributed by atoms with Gasteiger partial charge in [0.1, 0.15) is 0 Å². The highest BCUT2D eigenvalue weighted by atomic mass is 16.3. The number of carbonyl (C=O) groups excluding carboxylic acids is 1. The molecule has 0 aromatic heterocycles. The van der Waals surface area contributed by atoms with Gasteiger partial charge in [-0.1, -0.05) is 0 Å². The zero-order chi connectivity index (χ0) is 14.5. The van der Waals surface area contributed by atoms with E-state index in [1.807, 2.05) is 24.3 Å². The Morgan fingerprint density at radius 3 is 2.25 bits per heavy atom. The molecule has 0 atom stereocenters. The number of amides is 1. The number of rotatable bonds is 7. The van der Waals surface area contributed by atoms with E-state index in [1.54, 1.807) is 4.90 Å². The molecule has 1 aromatic rings. The fourth-order valence-electron chi connectivity index (χ4n) is 2.51. The topological polar surface area (TPSA) is 43.8 Å². The number of benzene rings is 1. The van der Waals surface area contributed by atoms with Gasteiger partial charge < -0.3 is 14.9 Å². The molecule has 0 spiro atoms. The Morgan fingerprint density at radius 1 is 1.20 bits per heavy atom. The Bertz CT molecular complexity index is 436. The normalized spacial score (nSPS) is 14.2. The number of carbonyl (C=O) groups is 1. The van der Waals surface area contributed by atoms with Crippen LogP contribution in [0.1, 0.15) is 37.0 Å². The van der Waals surface area contributed by atoms with Gasteiger partial charge in [0.05, 0.1) is 6.61 Å². The first-order valence-electron chi connectivity index (χ1n) is 7.48. The lowest BCUT2D eigenvalue weighted by Gasteiger charge is -2.23. The number of hydrogen-bond donors (Lipinski definition) is 1. The van der Waals surface area contributed by atoms with Crippen molar-refractivity contribution in [1.29, 1.82) is 0 Å². The second-order valence-electron chi connectivity index (χ2n) is 5.17. The van der Waals surface area contributed by atoms with Crippen molar-refractivity contribution in [2.75, 3.05) is 31.1 Å². The predicted molar refractivity (Wildman–Crippen MR) is 81.1 cm³/mol. The van der Waals surface area contributed by atoms with Crippen molar-refractivity contribution in [2.24, 2.45) is 0 Å². The van der Waals surface area contributed by atoms with E-state index in [1.165, 1.54) is 0 Å². The maximum Gasteiger partial charge on any atom is 0.254 e. The summed E-state index contributed by atoms with van der Waals surface area (Å²) in [6, 6.07) is 8.12. The standard InChI is InChI=1S/C16H24N2O2/c1-3-17(4-2)14-7-5-13(6-8-14)16(20)18(11-12-19)15-9-10-15/h5-8,15,19H,3-4,9-12H2,1-2H3. The summed E-state index contributed by atoms with van der Waals surface area (Å²) in [5.41, 5.74) is 1.85. The molecule has 1 amide bonds. The van der Waals surface area contributed by atoms with Crippen molar-refractivity contribution in [3.8, 4) is 0 Å². The predicted octanol–water partition coefficient (Wildman–Crippen LogP) is 2.13. The molecule has 0 bridgehead atoms. The van der Waals surface area contributed by atoms with Gasteiger partial charge in [0.25, 0.3) is 5.91 Å². The molecule has 20 heavy (non-hydrogen) atoms. The first-order chi connectivity index (χ1) is 9.71. The lowest BCUT2D eigenvalue weighted by Crippen LogP contribution is -2.35. The van der Waals surface area contributed by atoms with E-state index in [0.717, 1.165) is 31.6 Å². The molecule has 0 radical (unpaired) electrons. The Balaban J connectivity index is 2.10. The highest BCUT2D eigenvalue weighted by Gasteiger charge is 2.32. The van der Waals surface area contributed by atoms with Gasteiger partial charge >= 0.3 is 0 Å². The third-order valence-electron chi connectivity index (χ3n) is 3.83. The van der Waals surface area contributed by atoms with Crippen LogP contribution < -0.4 is 4.90 Å². The number of aliphatic hydroxyl groups is 1. The molecule has 1 aromatic carbocycles. The molecule has 1 fully saturated rings. The van der Waals surface area contributed by atoms with Crippen molar-refractivity contribution in [1.82, 2.24) is 4.90 Å². The van der Waals surface area contributed by atoms with Crippen LogP contribution in [-0.2, 0) is 0 Å². The van der Waals surface area contributed by atoms with Gasteiger partial charge in [-0.05, 0) is 51.0 Å². The first kappa shape index (κ1) is 14.9. The van der Waals surface area contributed by atoms with Crippen molar-refractivity contribution in [3.05, 3.63) is 29.8 Å². The van der Waals surface area contributed by atoms with Crippen molar-refractivity contribution >= 4 is 11.6 Å². The third kappa shape index (κ3) is 3.31. The summed E-state index contributed by atoms with van der Waals surface area (Å²) in [6.45, 7) is 6.63. The lowest BCUT2D eigenvalue weighted by atomic mass is 10.1. The van der Waals surface area contributed by atoms with Crippen molar-refractivity contribution in [2.45, 2.75) is 32.7 Å². The summed E-state index contributed by atoms with van der Waals surface area (Å²) in [5.74, 6) is 0.0349. The van der Waals surface area contributed by atoms with Crippen LogP contribution in [0.15, 0.2) is 24.3 Å². The molecule has 1 saturated carbocycles. The summed E-state index contributed by atoms with van der Waals surface area (Å²) < 4.78 is 0. The molecule has 1 N–H and O–H groups in total. The number of nitrogens with zero attached hydrogens (tertiary/aromatic N) is 2. The molecule has 1 aliphatic rings. The third-order valence-corrected chi connectivity index (χ3v) is 3.83. The van der Waals surface area contributed by atoms with Crippen LogP contribution in [0, 0.1) is 0 Å². The monoisotopic (exact) mass is 276 g/mol. The Kier molecular flexibility index (Phi) is 5.01. The quantitative estimate of drug-likeness (QED) is 0.829. The minimum absolute atomic E-state index is 0.0276. The number of hydrogen-bond acceptors (Lipinski definition) is 3. The molecule has 2 rings (SSSR count). The zero-order valence-electron chi connectivity index (χ0n) is 12.4. The highest BCUT2D eigenvalue weighted by Crippen LogP contribution is 2.28. The van der Waals surface area contributed by atoms with Gasteiger partial charge in [-0.2, -0.15) is 0 Å². The van der Waals surface area contributed by atoms with Gasteiger partial charge in [0.15, 0.2) is 0 Å². The van der Waals surface area contributed by atoms with Gasteiger partial charge in [0, 0.05) is 36.9 Å². The maximum atomic E-state index is 12.4. The van der Waals surface area contributed by atoms with E-state index in [2.05, 4.69) is 18.7 Å². The van der Waals surface area contributed by atoms with Crippen LogP contribution in [0.5, 0.6) is 0 Å². The van der Waals surface area contributed by atoms with E-state index >= 15 is 0 Å². The Hall–Kier alpha value is -1.55. The minimum atomic E-state index is 0.0276. The minimum Gasteiger partial charge on any atom is -0.395 e. The van der Waals surface area contributed by atoms with Crippen molar-refractivity contribution in [3.63, 3.8) is 0 Å². The van der Waals surface area contributed by atoms with Crippen LogP contribution in [0.2, 0.25) is 0 Å². The second kappa shape index (κ2) is 6.75. The average Bonchev–Trinajstić information content (AvgIpc) is 3.31. The van der Waals surface area contributed by atoms with E-state index in [9.17, 15) is 4.79 Å². The molecular formula is C16H24N2O2. The van der Waals surface area contributed by atoms with Gasteiger partial charge in [0.2, 0.25) is 0 Å². The van der Waals surface area contributed by atoms with Crippen LogP contribution in [-0.4, -0.2) is 48.2 Å². The average molecular weight is 276 g/mol.